The molecule has 0 spiro atoms. The Hall–Kier alpha value is -0.540. The number of halogens is 1. The van der Waals surface area contributed by atoms with Crippen molar-refractivity contribution in [1.82, 2.24) is 0 Å². The van der Waals surface area contributed by atoms with Crippen molar-refractivity contribution >= 4 is 15.9 Å². The first-order valence-electron chi connectivity index (χ1n) is 5.21. The summed E-state index contributed by atoms with van der Waals surface area (Å²) in [5, 5.41) is 0. The first kappa shape index (κ1) is 11.0. The Morgan fingerprint density at radius 1 is 1.33 bits per heavy atom. The van der Waals surface area contributed by atoms with E-state index >= 15 is 0 Å². The largest absolute Gasteiger partial charge is 0.497 e. The molecule has 2 nitrogen and oxygen atoms in total. The van der Waals surface area contributed by atoms with E-state index in [-0.39, 0.29) is 6.10 Å². The van der Waals surface area contributed by atoms with Gasteiger partial charge in [0.2, 0.25) is 0 Å². The Balaban J connectivity index is 2.13. The number of hydrogen-bond donors (Lipinski definition) is 0. The zero-order valence-corrected chi connectivity index (χ0v) is 10.4. The third-order valence-corrected chi connectivity index (χ3v) is 3.63. The lowest BCUT2D eigenvalue weighted by molar-refractivity contribution is 0.0217. The third kappa shape index (κ3) is 2.52. The topological polar surface area (TPSA) is 18.5 Å². The Labute approximate surface area is 98.7 Å². The van der Waals surface area contributed by atoms with Crippen LogP contribution in [0.5, 0.6) is 5.75 Å². The smallest absolute Gasteiger partial charge is 0.118 e. The van der Waals surface area contributed by atoms with Crippen molar-refractivity contribution in [3.05, 3.63) is 29.8 Å². The SMILES string of the molecule is COc1ccc(C2OCCCC2Br)cc1. The predicted octanol–water partition coefficient (Wildman–Crippen LogP) is 3.31. The maximum absolute atomic E-state index is 5.76. The van der Waals surface area contributed by atoms with Crippen LogP contribution in [0.2, 0.25) is 0 Å². The van der Waals surface area contributed by atoms with Crippen LogP contribution < -0.4 is 4.74 Å². The fourth-order valence-electron chi connectivity index (χ4n) is 1.84. The lowest BCUT2D eigenvalue weighted by atomic mass is 10.0. The van der Waals surface area contributed by atoms with Crippen LogP contribution >= 0.6 is 15.9 Å². The van der Waals surface area contributed by atoms with E-state index in [4.69, 9.17) is 9.47 Å². The van der Waals surface area contributed by atoms with Gasteiger partial charge in [0.05, 0.1) is 13.2 Å². The van der Waals surface area contributed by atoms with Crippen LogP contribution in [0.1, 0.15) is 24.5 Å². The number of rotatable bonds is 2. The highest BCUT2D eigenvalue weighted by Gasteiger charge is 2.24. The minimum Gasteiger partial charge on any atom is -0.497 e. The van der Waals surface area contributed by atoms with E-state index in [0.717, 1.165) is 18.8 Å². The van der Waals surface area contributed by atoms with Gasteiger partial charge in [-0.25, -0.2) is 0 Å². The molecule has 3 heteroatoms. The van der Waals surface area contributed by atoms with Crippen molar-refractivity contribution in [2.24, 2.45) is 0 Å². The average molecular weight is 271 g/mol. The van der Waals surface area contributed by atoms with Gasteiger partial charge in [-0.3, -0.25) is 0 Å². The Morgan fingerprint density at radius 2 is 2.07 bits per heavy atom. The van der Waals surface area contributed by atoms with Gasteiger partial charge in [0, 0.05) is 11.4 Å². The molecule has 1 heterocycles. The standard InChI is InChI=1S/C12H15BrO2/c1-14-10-6-4-9(5-7-10)12-11(13)3-2-8-15-12/h4-7,11-12H,2-3,8H2,1H3. The molecule has 0 bridgehead atoms. The molecule has 2 unspecified atom stereocenters. The number of benzene rings is 1. The zero-order chi connectivity index (χ0) is 10.7. The van der Waals surface area contributed by atoms with E-state index in [0.29, 0.717) is 4.83 Å². The molecule has 1 aliphatic heterocycles. The minimum absolute atomic E-state index is 0.185. The monoisotopic (exact) mass is 270 g/mol. The quantitative estimate of drug-likeness (QED) is 0.768. The molecular formula is C12H15BrO2. The fraction of sp³-hybridized carbons (Fsp3) is 0.500. The van der Waals surface area contributed by atoms with E-state index in [1.54, 1.807) is 7.11 Å². The molecule has 1 saturated heterocycles. The number of hydrogen-bond acceptors (Lipinski definition) is 2. The van der Waals surface area contributed by atoms with Crippen LogP contribution in [0.3, 0.4) is 0 Å². The van der Waals surface area contributed by atoms with Gasteiger partial charge in [0.1, 0.15) is 5.75 Å². The van der Waals surface area contributed by atoms with Gasteiger partial charge in [-0.05, 0) is 30.5 Å². The van der Waals surface area contributed by atoms with Gasteiger partial charge >= 0.3 is 0 Å². The molecule has 0 aromatic heterocycles. The summed E-state index contributed by atoms with van der Waals surface area (Å²) in [6.45, 7) is 0.860. The average Bonchev–Trinajstić information content (AvgIpc) is 2.30. The Bertz CT molecular complexity index is 310. The lowest BCUT2D eigenvalue weighted by Gasteiger charge is -2.28. The first-order chi connectivity index (χ1) is 7.31. The summed E-state index contributed by atoms with van der Waals surface area (Å²) in [5.74, 6) is 0.890. The van der Waals surface area contributed by atoms with Crippen LogP contribution in [0, 0.1) is 0 Å². The summed E-state index contributed by atoms with van der Waals surface area (Å²) in [7, 11) is 1.68. The maximum Gasteiger partial charge on any atom is 0.118 e. The van der Waals surface area contributed by atoms with Crippen molar-refractivity contribution in [1.29, 1.82) is 0 Å². The summed E-state index contributed by atoms with van der Waals surface area (Å²) in [6, 6.07) is 8.10. The van der Waals surface area contributed by atoms with Crippen molar-refractivity contribution in [3.63, 3.8) is 0 Å². The predicted molar refractivity (Wildman–Crippen MR) is 63.6 cm³/mol. The second-order valence-electron chi connectivity index (χ2n) is 3.72. The fourth-order valence-corrected chi connectivity index (χ4v) is 2.62. The molecule has 82 valence electrons. The molecule has 1 aliphatic rings. The summed E-state index contributed by atoms with van der Waals surface area (Å²) in [5.41, 5.74) is 1.22. The highest BCUT2D eigenvalue weighted by Crippen LogP contribution is 2.33. The third-order valence-electron chi connectivity index (χ3n) is 2.69. The lowest BCUT2D eigenvalue weighted by Crippen LogP contribution is -2.22. The molecule has 0 amide bonds. The molecule has 1 aromatic carbocycles. The van der Waals surface area contributed by atoms with Crippen LogP contribution in [-0.2, 0) is 4.74 Å². The van der Waals surface area contributed by atoms with E-state index in [1.807, 2.05) is 12.1 Å². The van der Waals surface area contributed by atoms with Crippen molar-refractivity contribution < 1.29 is 9.47 Å². The number of ether oxygens (including phenoxy) is 2. The van der Waals surface area contributed by atoms with Gasteiger partial charge in [-0.2, -0.15) is 0 Å². The van der Waals surface area contributed by atoms with Gasteiger partial charge < -0.3 is 9.47 Å². The summed E-state index contributed by atoms with van der Waals surface area (Å²) in [6.07, 6.45) is 2.50. The van der Waals surface area contributed by atoms with Gasteiger partial charge in [-0.15, -0.1) is 0 Å². The molecule has 0 saturated carbocycles. The number of methoxy groups -OCH3 is 1. The molecular weight excluding hydrogens is 256 g/mol. The highest BCUT2D eigenvalue weighted by molar-refractivity contribution is 9.09. The second-order valence-corrected chi connectivity index (χ2v) is 4.90. The zero-order valence-electron chi connectivity index (χ0n) is 8.78. The summed E-state index contributed by atoms with van der Waals surface area (Å²) in [4.78, 5) is 0.430. The van der Waals surface area contributed by atoms with E-state index < -0.39 is 0 Å². The molecule has 1 fully saturated rings. The van der Waals surface area contributed by atoms with Crippen LogP contribution in [0.15, 0.2) is 24.3 Å². The summed E-state index contributed by atoms with van der Waals surface area (Å²) >= 11 is 3.67. The molecule has 0 radical (unpaired) electrons. The summed E-state index contributed by atoms with van der Waals surface area (Å²) < 4.78 is 10.9. The van der Waals surface area contributed by atoms with Crippen molar-refractivity contribution in [2.75, 3.05) is 13.7 Å². The maximum atomic E-state index is 5.76. The molecule has 1 aromatic rings. The Morgan fingerprint density at radius 3 is 2.67 bits per heavy atom. The van der Waals surface area contributed by atoms with Gasteiger partial charge in [0.25, 0.3) is 0 Å². The van der Waals surface area contributed by atoms with Gasteiger partial charge in [0.15, 0.2) is 0 Å². The van der Waals surface area contributed by atoms with Crippen LogP contribution in [-0.4, -0.2) is 18.5 Å². The molecule has 2 rings (SSSR count). The van der Waals surface area contributed by atoms with E-state index in [1.165, 1.54) is 12.0 Å². The minimum atomic E-state index is 0.185. The Kier molecular flexibility index (Phi) is 3.65. The molecule has 15 heavy (non-hydrogen) atoms. The number of alkyl halides is 1. The second kappa shape index (κ2) is 4.99. The van der Waals surface area contributed by atoms with Crippen LogP contribution in [0.4, 0.5) is 0 Å². The molecule has 0 N–H and O–H groups in total. The van der Waals surface area contributed by atoms with E-state index in [9.17, 15) is 0 Å². The van der Waals surface area contributed by atoms with Crippen molar-refractivity contribution in [2.45, 2.75) is 23.8 Å². The molecule has 0 aliphatic carbocycles. The first-order valence-corrected chi connectivity index (χ1v) is 6.12. The van der Waals surface area contributed by atoms with Crippen LogP contribution in [0.25, 0.3) is 0 Å². The molecule has 2 atom stereocenters. The van der Waals surface area contributed by atoms with Crippen molar-refractivity contribution in [3.8, 4) is 5.75 Å². The van der Waals surface area contributed by atoms with Gasteiger partial charge in [-0.1, -0.05) is 28.1 Å². The highest BCUT2D eigenvalue weighted by atomic mass is 79.9. The normalized spacial score (nSPS) is 26.3. The van der Waals surface area contributed by atoms with E-state index in [2.05, 4.69) is 28.1 Å².